The minimum atomic E-state index is -0.288. The van der Waals surface area contributed by atoms with E-state index in [2.05, 4.69) is 25.4 Å². The summed E-state index contributed by atoms with van der Waals surface area (Å²) in [5.41, 5.74) is 1.37. The van der Waals surface area contributed by atoms with E-state index in [0.29, 0.717) is 29.4 Å². The van der Waals surface area contributed by atoms with Crippen LogP contribution in [-0.2, 0) is 13.6 Å². The molecule has 0 aliphatic carbocycles. The van der Waals surface area contributed by atoms with E-state index in [0.717, 1.165) is 0 Å². The minimum Gasteiger partial charge on any atom is -0.348 e. The molecule has 92 valence electrons. The van der Waals surface area contributed by atoms with E-state index in [1.54, 1.807) is 24.1 Å². The Morgan fingerprint density at radius 1 is 1.44 bits per heavy atom. The van der Waals surface area contributed by atoms with E-state index in [-0.39, 0.29) is 5.82 Å². The molecular formula is C11H11FN6. The SMILES string of the molecule is Cn1cnc(CNc2nc3ccc(F)cc3[nH]2)n1. The topological polar surface area (TPSA) is 71.4 Å². The van der Waals surface area contributed by atoms with Crippen molar-refractivity contribution in [3.63, 3.8) is 0 Å². The number of imidazole rings is 1. The van der Waals surface area contributed by atoms with E-state index >= 15 is 0 Å². The standard InChI is InChI=1S/C11H11FN6/c1-18-6-14-10(17-18)5-13-11-15-8-3-2-7(12)4-9(8)16-11/h2-4,6H,5H2,1H3,(H2,13,15,16). The highest BCUT2D eigenvalue weighted by Crippen LogP contribution is 2.15. The van der Waals surface area contributed by atoms with E-state index in [1.165, 1.54) is 12.1 Å². The number of nitrogens with one attached hydrogen (secondary N) is 2. The molecule has 2 N–H and O–H groups in total. The third-order valence-electron chi connectivity index (χ3n) is 2.50. The molecular weight excluding hydrogens is 235 g/mol. The highest BCUT2D eigenvalue weighted by Gasteiger charge is 2.04. The maximum atomic E-state index is 13.0. The molecule has 18 heavy (non-hydrogen) atoms. The Morgan fingerprint density at radius 3 is 3.11 bits per heavy atom. The molecule has 0 atom stereocenters. The second-order valence-corrected chi connectivity index (χ2v) is 3.93. The minimum absolute atomic E-state index is 0.288. The zero-order valence-electron chi connectivity index (χ0n) is 9.68. The van der Waals surface area contributed by atoms with Crippen molar-refractivity contribution in [2.45, 2.75) is 6.54 Å². The van der Waals surface area contributed by atoms with Gasteiger partial charge < -0.3 is 10.3 Å². The van der Waals surface area contributed by atoms with E-state index in [1.807, 2.05) is 0 Å². The molecule has 0 aliphatic heterocycles. The van der Waals surface area contributed by atoms with Gasteiger partial charge in [-0.1, -0.05) is 0 Å². The van der Waals surface area contributed by atoms with Crippen molar-refractivity contribution in [2.75, 3.05) is 5.32 Å². The lowest BCUT2D eigenvalue weighted by Crippen LogP contribution is -2.03. The van der Waals surface area contributed by atoms with E-state index < -0.39 is 0 Å². The number of aromatic amines is 1. The quantitative estimate of drug-likeness (QED) is 0.733. The fraction of sp³-hybridized carbons (Fsp3) is 0.182. The summed E-state index contributed by atoms with van der Waals surface area (Å²) < 4.78 is 14.6. The largest absolute Gasteiger partial charge is 0.348 e. The Hall–Kier alpha value is -2.44. The summed E-state index contributed by atoms with van der Waals surface area (Å²) in [5.74, 6) is 0.955. The van der Waals surface area contributed by atoms with E-state index in [9.17, 15) is 4.39 Å². The van der Waals surface area contributed by atoms with Crippen LogP contribution >= 0.6 is 0 Å². The Balaban J connectivity index is 1.78. The zero-order valence-corrected chi connectivity index (χ0v) is 9.68. The van der Waals surface area contributed by atoms with Gasteiger partial charge in [0.15, 0.2) is 5.82 Å². The summed E-state index contributed by atoms with van der Waals surface area (Å²) in [4.78, 5) is 11.4. The van der Waals surface area contributed by atoms with Gasteiger partial charge >= 0.3 is 0 Å². The predicted octanol–water partition coefficient (Wildman–Crippen LogP) is 1.44. The number of hydrogen-bond donors (Lipinski definition) is 2. The normalized spacial score (nSPS) is 11.0. The van der Waals surface area contributed by atoms with Gasteiger partial charge in [0, 0.05) is 7.05 Å². The molecule has 6 nitrogen and oxygen atoms in total. The van der Waals surface area contributed by atoms with Gasteiger partial charge in [-0.3, -0.25) is 4.68 Å². The number of rotatable bonds is 3. The van der Waals surface area contributed by atoms with Crippen molar-refractivity contribution >= 4 is 17.0 Å². The lowest BCUT2D eigenvalue weighted by atomic mass is 10.3. The Morgan fingerprint density at radius 2 is 2.33 bits per heavy atom. The van der Waals surface area contributed by atoms with Gasteiger partial charge in [-0.25, -0.2) is 14.4 Å². The molecule has 7 heteroatoms. The number of aromatic nitrogens is 5. The molecule has 3 rings (SSSR count). The van der Waals surface area contributed by atoms with Crippen LogP contribution in [0, 0.1) is 5.82 Å². The molecule has 0 spiro atoms. The zero-order chi connectivity index (χ0) is 12.5. The maximum Gasteiger partial charge on any atom is 0.201 e. The van der Waals surface area contributed by atoms with Crippen LogP contribution in [0.2, 0.25) is 0 Å². The van der Waals surface area contributed by atoms with Crippen LogP contribution in [0.5, 0.6) is 0 Å². The molecule has 2 heterocycles. The van der Waals surface area contributed by atoms with Gasteiger partial charge in [0.1, 0.15) is 12.1 Å². The van der Waals surface area contributed by atoms with Crippen LogP contribution in [0.1, 0.15) is 5.82 Å². The number of hydrogen-bond acceptors (Lipinski definition) is 4. The molecule has 0 fully saturated rings. The number of benzene rings is 1. The number of nitrogens with zero attached hydrogens (tertiary/aromatic N) is 4. The molecule has 0 saturated carbocycles. The second-order valence-electron chi connectivity index (χ2n) is 3.93. The van der Waals surface area contributed by atoms with Crippen molar-refractivity contribution in [2.24, 2.45) is 7.05 Å². The summed E-state index contributed by atoms with van der Waals surface area (Å²) in [5, 5.41) is 7.19. The molecule has 1 aromatic carbocycles. The van der Waals surface area contributed by atoms with Gasteiger partial charge in [0.25, 0.3) is 0 Å². The Kier molecular flexibility index (Phi) is 2.44. The predicted molar refractivity (Wildman–Crippen MR) is 64.4 cm³/mol. The van der Waals surface area contributed by atoms with Crippen LogP contribution in [0.25, 0.3) is 11.0 Å². The van der Waals surface area contributed by atoms with Gasteiger partial charge in [-0.2, -0.15) is 5.10 Å². The fourth-order valence-corrected chi connectivity index (χ4v) is 1.69. The fourth-order valence-electron chi connectivity index (χ4n) is 1.69. The van der Waals surface area contributed by atoms with Crippen LogP contribution in [-0.4, -0.2) is 24.7 Å². The summed E-state index contributed by atoms with van der Waals surface area (Å²) in [6, 6.07) is 4.42. The first-order chi connectivity index (χ1) is 8.70. The van der Waals surface area contributed by atoms with Crippen molar-refractivity contribution in [1.82, 2.24) is 24.7 Å². The lowest BCUT2D eigenvalue weighted by molar-refractivity contribution is 0.629. The number of fused-ring (bicyclic) bond motifs is 1. The molecule has 2 aromatic heterocycles. The number of H-pyrrole nitrogens is 1. The number of halogens is 1. The summed E-state index contributed by atoms with van der Waals surface area (Å²) in [7, 11) is 1.81. The van der Waals surface area contributed by atoms with E-state index in [4.69, 9.17) is 0 Å². The lowest BCUT2D eigenvalue weighted by Gasteiger charge is -1.97. The van der Waals surface area contributed by atoms with Crippen molar-refractivity contribution in [3.05, 3.63) is 36.2 Å². The Bertz CT molecular complexity index is 686. The third-order valence-corrected chi connectivity index (χ3v) is 2.50. The average Bonchev–Trinajstić information content (AvgIpc) is 2.92. The Labute approximate surface area is 102 Å². The monoisotopic (exact) mass is 246 g/mol. The van der Waals surface area contributed by atoms with Crippen molar-refractivity contribution in [1.29, 1.82) is 0 Å². The second kappa shape index (κ2) is 4.10. The molecule has 0 radical (unpaired) electrons. The van der Waals surface area contributed by atoms with Crippen LogP contribution in [0.3, 0.4) is 0 Å². The summed E-state index contributed by atoms with van der Waals surface area (Å²) in [6.07, 6.45) is 1.63. The average molecular weight is 246 g/mol. The summed E-state index contributed by atoms with van der Waals surface area (Å²) in [6.45, 7) is 0.461. The smallest absolute Gasteiger partial charge is 0.201 e. The molecule has 0 bridgehead atoms. The van der Waals surface area contributed by atoms with Gasteiger partial charge in [0.2, 0.25) is 5.95 Å². The first kappa shape index (κ1) is 10.7. The highest BCUT2D eigenvalue weighted by atomic mass is 19.1. The first-order valence-corrected chi connectivity index (χ1v) is 5.44. The molecule has 3 aromatic rings. The molecule has 0 aliphatic rings. The van der Waals surface area contributed by atoms with Gasteiger partial charge in [-0.05, 0) is 18.2 Å². The first-order valence-electron chi connectivity index (χ1n) is 5.44. The highest BCUT2D eigenvalue weighted by molar-refractivity contribution is 5.77. The number of aryl methyl sites for hydroxylation is 1. The van der Waals surface area contributed by atoms with Crippen LogP contribution < -0.4 is 5.32 Å². The number of anilines is 1. The summed E-state index contributed by atoms with van der Waals surface area (Å²) >= 11 is 0. The third kappa shape index (κ3) is 2.02. The van der Waals surface area contributed by atoms with Gasteiger partial charge in [0.05, 0.1) is 17.6 Å². The molecule has 0 saturated heterocycles. The molecule has 0 unspecified atom stereocenters. The van der Waals surface area contributed by atoms with Crippen LogP contribution in [0.15, 0.2) is 24.5 Å². The van der Waals surface area contributed by atoms with Crippen molar-refractivity contribution < 1.29 is 4.39 Å². The van der Waals surface area contributed by atoms with Crippen molar-refractivity contribution in [3.8, 4) is 0 Å². The van der Waals surface area contributed by atoms with Crippen LogP contribution in [0.4, 0.5) is 10.3 Å². The maximum absolute atomic E-state index is 13.0. The van der Waals surface area contributed by atoms with Gasteiger partial charge in [-0.15, -0.1) is 0 Å². The molecule has 0 amide bonds.